The first-order chi connectivity index (χ1) is 8.61. The molecule has 0 fully saturated rings. The van der Waals surface area contributed by atoms with Gasteiger partial charge in [-0.3, -0.25) is 14.9 Å². The number of benzene rings is 1. The van der Waals surface area contributed by atoms with Gasteiger partial charge < -0.3 is 4.74 Å². The lowest BCUT2D eigenvalue weighted by molar-refractivity contribution is -0.385. The highest BCUT2D eigenvalue weighted by molar-refractivity contribution is 6.00. The van der Waals surface area contributed by atoms with Gasteiger partial charge in [0.25, 0.3) is 5.69 Å². The Bertz CT molecular complexity index is 542. The van der Waals surface area contributed by atoms with Crippen LogP contribution < -0.4 is 0 Å². The Hall–Kier alpha value is -2.24. The lowest BCUT2D eigenvalue weighted by Gasteiger charge is -2.19. The minimum atomic E-state index is -0.690. The van der Waals surface area contributed by atoms with Crippen molar-refractivity contribution in [2.45, 2.75) is 33.3 Å². The number of carbonyl (C=O) groups excluding carboxylic acids is 2. The van der Waals surface area contributed by atoms with E-state index in [4.69, 9.17) is 4.74 Å². The van der Waals surface area contributed by atoms with E-state index >= 15 is 0 Å². The van der Waals surface area contributed by atoms with Gasteiger partial charge in [-0.1, -0.05) is 0 Å². The van der Waals surface area contributed by atoms with Crippen molar-refractivity contribution in [2.75, 3.05) is 0 Å². The number of hydrogen-bond acceptors (Lipinski definition) is 5. The van der Waals surface area contributed by atoms with Crippen LogP contribution in [0.15, 0.2) is 18.2 Å². The Morgan fingerprint density at radius 1 is 1.26 bits per heavy atom. The highest BCUT2D eigenvalue weighted by atomic mass is 16.6. The Kier molecular flexibility index (Phi) is 4.04. The zero-order valence-electron chi connectivity index (χ0n) is 11.2. The van der Waals surface area contributed by atoms with Gasteiger partial charge in [-0.05, 0) is 39.8 Å². The first-order valence-corrected chi connectivity index (χ1v) is 5.64. The van der Waals surface area contributed by atoms with Crippen molar-refractivity contribution < 1.29 is 19.2 Å². The van der Waals surface area contributed by atoms with Crippen LogP contribution in [0, 0.1) is 10.1 Å². The maximum absolute atomic E-state index is 11.8. The molecular weight excluding hydrogens is 250 g/mol. The number of ether oxygens (including phenoxy) is 1. The summed E-state index contributed by atoms with van der Waals surface area (Å²) in [7, 11) is 0. The number of Topliss-reactive ketones (excluding diaryl/α,β-unsaturated/α-hetero) is 1. The van der Waals surface area contributed by atoms with Gasteiger partial charge in [-0.15, -0.1) is 0 Å². The van der Waals surface area contributed by atoms with Crippen LogP contribution in [0.2, 0.25) is 0 Å². The van der Waals surface area contributed by atoms with E-state index in [9.17, 15) is 19.7 Å². The minimum absolute atomic E-state index is 0.0303. The lowest BCUT2D eigenvalue weighted by Crippen LogP contribution is -2.24. The predicted octanol–water partition coefficient (Wildman–Crippen LogP) is 2.75. The largest absolute Gasteiger partial charge is 0.456 e. The monoisotopic (exact) mass is 265 g/mol. The maximum Gasteiger partial charge on any atom is 0.338 e. The molecule has 0 saturated carbocycles. The molecule has 0 N–H and O–H groups in total. The van der Waals surface area contributed by atoms with Gasteiger partial charge >= 0.3 is 5.97 Å². The fourth-order valence-electron chi connectivity index (χ4n) is 1.44. The molecule has 0 aliphatic rings. The molecule has 102 valence electrons. The third-order valence-electron chi connectivity index (χ3n) is 2.21. The fourth-order valence-corrected chi connectivity index (χ4v) is 1.44. The molecule has 0 unspecified atom stereocenters. The molecule has 6 heteroatoms. The molecule has 1 aromatic carbocycles. The van der Waals surface area contributed by atoms with Gasteiger partial charge in [-0.25, -0.2) is 4.79 Å². The van der Waals surface area contributed by atoms with Crippen LogP contribution in [-0.4, -0.2) is 22.3 Å². The molecule has 6 nitrogen and oxygen atoms in total. The van der Waals surface area contributed by atoms with E-state index in [-0.39, 0.29) is 11.1 Å². The quantitative estimate of drug-likeness (QED) is 0.363. The number of hydrogen-bond donors (Lipinski definition) is 0. The van der Waals surface area contributed by atoms with Crippen LogP contribution in [0.4, 0.5) is 5.69 Å². The molecule has 0 radical (unpaired) electrons. The Labute approximate surface area is 110 Å². The van der Waals surface area contributed by atoms with E-state index in [1.807, 2.05) is 0 Å². The Morgan fingerprint density at radius 2 is 1.84 bits per heavy atom. The topological polar surface area (TPSA) is 86.5 Å². The second-order valence-electron chi connectivity index (χ2n) is 5.05. The number of ketones is 1. The van der Waals surface area contributed by atoms with E-state index in [0.29, 0.717) is 0 Å². The second kappa shape index (κ2) is 5.17. The summed E-state index contributed by atoms with van der Waals surface area (Å²) in [4.78, 5) is 33.2. The van der Waals surface area contributed by atoms with E-state index in [1.54, 1.807) is 20.8 Å². The number of nitro benzene ring substituents is 1. The third-order valence-corrected chi connectivity index (χ3v) is 2.21. The number of nitrogens with zero attached hydrogens (tertiary/aromatic N) is 1. The third kappa shape index (κ3) is 3.87. The molecule has 0 bridgehead atoms. The number of esters is 1. The summed E-state index contributed by atoms with van der Waals surface area (Å²) in [5.41, 5.74) is -1.06. The van der Waals surface area contributed by atoms with Crippen molar-refractivity contribution >= 4 is 17.4 Å². The molecule has 0 spiro atoms. The zero-order chi connectivity index (χ0) is 14.8. The fraction of sp³-hybridized carbons (Fsp3) is 0.385. The van der Waals surface area contributed by atoms with Crippen LogP contribution in [0.5, 0.6) is 0 Å². The van der Waals surface area contributed by atoms with Crippen molar-refractivity contribution in [3.63, 3.8) is 0 Å². The van der Waals surface area contributed by atoms with Crippen molar-refractivity contribution in [2.24, 2.45) is 0 Å². The molecule has 1 aromatic rings. The molecule has 0 amide bonds. The summed E-state index contributed by atoms with van der Waals surface area (Å²) >= 11 is 0. The van der Waals surface area contributed by atoms with E-state index in [1.165, 1.54) is 19.1 Å². The molecule has 1 rings (SSSR count). The normalized spacial score (nSPS) is 10.9. The molecule has 0 aliphatic heterocycles. The van der Waals surface area contributed by atoms with E-state index in [2.05, 4.69) is 0 Å². The zero-order valence-corrected chi connectivity index (χ0v) is 11.2. The standard InChI is InChI=1S/C13H15NO5/c1-8(15)10-6-5-9(7-11(10)14(17)18)12(16)19-13(2,3)4/h5-7H,1-4H3. The van der Waals surface area contributed by atoms with Crippen molar-refractivity contribution in [1.29, 1.82) is 0 Å². The molecule has 0 atom stereocenters. The number of nitro groups is 1. The van der Waals surface area contributed by atoms with Crippen molar-refractivity contribution in [3.05, 3.63) is 39.4 Å². The molecule has 19 heavy (non-hydrogen) atoms. The number of rotatable bonds is 3. The summed E-state index contributed by atoms with van der Waals surface area (Å²) in [6.07, 6.45) is 0. The second-order valence-corrected chi connectivity index (χ2v) is 5.05. The van der Waals surface area contributed by atoms with Crippen molar-refractivity contribution in [1.82, 2.24) is 0 Å². The van der Waals surface area contributed by atoms with Gasteiger partial charge in [0.15, 0.2) is 5.78 Å². The molecule has 0 aliphatic carbocycles. The predicted molar refractivity (Wildman–Crippen MR) is 68.3 cm³/mol. The average Bonchev–Trinajstić information content (AvgIpc) is 2.25. The summed E-state index contributed by atoms with van der Waals surface area (Å²) in [5.74, 6) is -1.09. The van der Waals surface area contributed by atoms with Gasteiger partial charge in [0.1, 0.15) is 5.60 Å². The van der Waals surface area contributed by atoms with E-state index in [0.717, 1.165) is 6.07 Å². The summed E-state index contributed by atoms with van der Waals surface area (Å²) in [5, 5.41) is 10.9. The molecule has 0 heterocycles. The summed E-state index contributed by atoms with van der Waals surface area (Å²) in [6, 6.07) is 3.67. The van der Waals surface area contributed by atoms with Crippen LogP contribution in [0.25, 0.3) is 0 Å². The SMILES string of the molecule is CC(=O)c1ccc(C(=O)OC(C)(C)C)cc1[N+](=O)[O-]. The highest BCUT2D eigenvalue weighted by Gasteiger charge is 2.23. The Morgan fingerprint density at radius 3 is 2.26 bits per heavy atom. The minimum Gasteiger partial charge on any atom is -0.456 e. The summed E-state index contributed by atoms with van der Waals surface area (Å²) < 4.78 is 5.11. The van der Waals surface area contributed by atoms with Crippen LogP contribution in [0.1, 0.15) is 48.4 Å². The van der Waals surface area contributed by atoms with Gasteiger partial charge in [-0.2, -0.15) is 0 Å². The smallest absolute Gasteiger partial charge is 0.338 e. The molecule has 0 aromatic heterocycles. The lowest BCUT2D eigenvalue weighted by atomic mass is 10.1. The van der Waals surface area contributed by atoms with Crippen LogP contribution >= 0.6 is 0 Å². The first-order valence-electron chi connectivity index (χ1n) is 5.64. The molecular formula is C13H15NO5. The van der Waals surface area contributed by atoms with Crippen molar-refractivity contribution in [3.8, 4) is 0 Å². The highest BCUT2D eigenvalue weighted by Crippen LogP contribution is 2.22. The summed E-state index contributed by atoms with van der Waals surface area (Å²) in [6.45, 7) is 6.32. The number of carbonyl (C=O) groups is 2. The Balaban J connectivity index is 3.19. The maximum atomic E-state index is 11.8. The first kappa shape index (κ1) is 14.8. The van der Waals surface area contributed by atoms with Crippen LogP contribution in [0.3, 0.4) is 0 Å². The van der Waals surface area contributed by atoms with Gasteiger partial charge in [0.2, 0.25) is 0 Å². The molecule has 0 saturated heterocycles. The van der Waals surface area contributed by atoms with Crippen LogP contribution in [-0.2, 0) is 4.74 Å². The average molecular weight is 265 g/mol. The van der Waals surface area contributed by atoms with Gasteiger partial charge in [0, 0.05) is 6.07 Å². The van der Waals surface area contributed by atoms with Gasteiger partial charge in [0.05, 0.1) is 16.1 Å². The van der Waals surface area contributed by atoms with E-state index < -0.39 is 28.0 Å².